The molecule has 0 aliphatic heterocycles. The summed E-state index contributed by atoms with van der Waals surface area (Å²) in [6.45, 7) is 3.74. The van der Waals surface area contributed by atoms with E-state index in [1.165, 1.54) is 6.20 Å². The second-order valence-electron chi connectivity index (χ2n) is 5.30. The number of hydrogen-bond acceptors (Lipinski definition) is 5. The van der Waals surface area contributed by atoms with Gasteiger partial charge in [-0.3, -0.25) is 0 Å². The lowest BCUT2D eigenvalue weighted by atomic mass is 9.84. The molecule has 5 heteroatoms. The Morgan fingerprint density at radius 3 is 2.62 bits per heavy atom. The Bertz CT molecular complexity index is 682. The van der Waals surface area contributed by atoms with Gasteiger partial charge in [-0.25, -0.2) is 4.98 Å². The molecular weight excluding hydrogens is 266 g/mol. The van der Waals surface area contributed by atoms with Crippen molar-refractivity contribution in [3.8, 4) is 5.75 Å². The fourth-order valence-corrected chi connectivity index (χ4v) is 2.35. The van der Waals surface area contributed by atoms with Crippen molar-refractivity contribution >= 4 is 10.9 Å². The Kier molecular flexibility index (Phi) is 4.04. The number of ether oxygens (including phenoxy) is 1. The number of pyridine rings is 1. The zero-order valence-corrected chi connectivity index (χ0v) is 12.5. The summed E-state index contributed by atoms with van der Waals surface area (Å²) in [7, 11) is 1.62. The summed E-state index contributed by atoms with van der Waals surface area (Å²) < 4.78 is 5.19. The smallest absolute Gasteiger partial charge is 0.149 e. The number of nitrogens with two attached hydrogens (primary N) is 2. The van der Waals surface area contributed by atoms with Crippen molar-refractivity contribution in [2.24, 2.45) is 17.4 Å². The zero-order valence-electron chi connectivity index (χ0n) is 12.5. The third kappa shape index (κ3) is 2.52. The van der Waals surface area contributed by atoms with E-state index < -0.39 is 5.60 Å². The molecule has 1 aromatic carbocycles. The first-order chi connectivity index (χ1) is 9.93. The third-order valence-corrected chi connectivity index (χ3v) is 3.74. The lowest BCUT2D eigenvalue weighted by Crippen LogP contribution is -2.39. The van der Waals surface area contributed by atoms with Crippen LogP contribution in [0.3, 0.4) is 0 Å². The molecule has 1 atom stereocenters. The normalized spacial score (nSPS) is 15.2. The average molecular weight is 287 g/mol. The highest BCUT2D eigenvalue weighted by molar-refractivity contribution is 5.80. The zero-order chi connectivity index (χ0) is 15.6. The van der Waals surface area contributed by atoms with Crippen molar-refractivity contribution in [2.45, 2.75) is 19.4 Å². The number of fused-ring (bicyclic) bond motifs is 1. The van der Waals surface area contributed by atoms with E-state index in [1.54, 1.807) is 13.2 Å². The summed E-state index contributed by atoms with van der Waals surface area (Å²) in [5.41, 5.74) is 11.4. The van der Waals surface area contributed by atoms with Crippen LogP contribution in [-0.4, -0.2) is 17.2 Å². The number of hydrogen-bond donors (Lipinski definition) is 3. The molecule has 0 saturated carbocycles. The van der Waals surface area contributed by atoms with E-state index in [1.807, 2.05) is 38.1 Å². The van der Waals surface area contributed by atoms with E-state index >= 15 is 0 Å². The lowest BCUT2D eigenvalue weighted by Gasteiger charge is -2.32. The Hall–Kier alpha value is -2.27. The lowest BCUT2D eigenvalue weighted by molar-refractivity contribution is 0.0219. The number of rotatable bonds is 4. The van der Waals surface area contributed by atoms with E-state index in [4.69, 9.17) is 16.2 Å². The molecule has 1 aromatic heterocycles. The highest BCUT2D eigenvalue weighted by Gasteiger charge is 2.37. The molecule has 0 aliphatic carbocycles. The molecule has 0 fully saturated rings. The van der Waals surface area contributed by atoms with Crippen LogP contribution in [0.4, 0.5) is 0 Å². The first-order valence-electron chi connectivity index (χ1n) is 6.79. The van der Waals surface area contributed by atoms with Gasteiger partial charge < -0.3 is 21.3 Å². The van der Waals surface area contributed by atoms with Crippen LogP contribution in [0.2, 0.25) is 0 Å². The Morgan fingerprint density at radius 2 is 2.05 bits per heavy atom. The number of methoxy groups -OCH3 is 1. The molecule has 21 heavy (non-hydrogen) atoms. The van der Waals surface area contributed by atoms with Crippen LogP contribution < -0.4 is 16.2 Å². The standard InChI is InChI=1S/C16H21N3O2/c1-10(2)16(20,14(18)9-17)15-7-4-11-8-12(21-3)5-6-13(11)19-15/h4-10,20H,17-18H2,1-3H3/b14-9-. The Labute approximate surface area is 124 Å². The quantitative estimate of drug-likeness (QED) is 0.797. The van der Waals surface area contributed by atoms with Gasteiger partial charge in [-0.2, -0.15) is 0 Å². The van der Waals surface area contributed by atoms with Gasteiger partial charge in [0.15, 0.2) is 0 Å². The summed E-state index contributed by atoms with van der Waals surface area (Å²) in [4.78, 5) is 4.53. The average Bonchev–Trinajstić information content (AvgIpc) is 2.51. The Balaban J connectivity index is 2.60. The van der Waals surface area contributed by atoms with Crippen LogP contribution >= 0.6 is 0 Å². The molecule has 0 spiro atoms. The topological polar surface area (TPSA) is 94.4 Å². The van der Waals surface area contributed by atoms with Crippen LogP contribution in [0.5, 0.6) is 5.75 Å². The molecule has 5 nitrogen and oxygen atoms in total. The van der Waals surface area contributed by atoms with Crippen LogP contribution in [0, 0.1) is 5.92 Å². The monoisotopic (exact) mass is 287 g/mol. The van der Waals surface area contributed by atoms with Gasteiger partial charge in [0.05, 0.1) is 24.0 Å². The van der Waals surface area contributed by atoms with Gasteiger partial charge in [0.2, 0.25) is 0 Å². The predicted molar refractivity (Wildman–Crippen MR) is 83.5 cm³/mol. The number of aromatic nitrogens is 1. The van der Waals surface area contributed by atoms with Crippen molar-refractivity contribution in [1.82, 2.24) is 4.98 Å². The third-order valence-electron chi connectivity index (χ3n) is 3.74. The molecule has 0 amide bonds. The van der Waals surface area contributed by atoms with Crippen molar-refractivity contribution in [1.29, 1.82) is 0 Å². The van der Waals surface area contributed by atoms with Crippen LogP contribution in [0.25, 0.3) is 10.9 Å². The van der Waals surface area contributed by atoms with Crippen molar-refractivity contribution in [3.63, 3.8) is 0 Å². The number of nitrogens with zero attached hydrogens (tertiary/aromatic N) is 1. The van der Waals surface area contributed by atoms with Crippen molar-refractivity contribution < 1.29 is 9.84 Å². The van der Waals surface area contributed by atoms with Crippen molar-refractivity contribution in [3.05, 3.63) is 47.9 Å². The van der Waals surface area contributed by atoms with Gasteiger partial charge in [0.25, 0.3) is 0 Å². The van der Waals surface area contributed by atoms with Gasteiger partial charge in [-0.15, -0.1) is 0 Å². The highest BCUT2D eigenvalue weighted by atomic mass is 16.5. The fourth-order valence-electron chi connectivity index (χ4n) is 2.35. The molecule has 0 saturated heterocycles. The number of aliphatic hydroxyl groups is 1. The SMILES string of the molecule is COc1ccc2nc(C(O)(/C(N)=C/N)C(C)C)ccc2c1. The molecular formula is C16H21N3O2. The summed E-state index contributed by atoms with van der Waals surface area (Å²) in [6, 6.07) is 9.22. The molecule has 0 aliphatic rings. The van der Waals surface area contributed by atoms with E-state index in [2.05, 4.69) is 4.98 Å². The van der Waals surface area contributed by atoms with E-state index in [9.17, 15) is 5.11 Å². The second kappa shape index (κ2) is 5.61. The maximum absolute atomic E-state index is 10.9. The van der Waals surface area contributed by atoms with Gasteiger partial charge in [-0.1, -0.05) is 19.9 Å². The van der Waals surface area contributed by atoms with E-state index in [0.717, 1.165) is 16.7 Å². The largest absolute Gasteiger partial charge is 0.497 e. The minimum atomic E-state index is -1.39. The van der Waals surface area contributed by atoms with Gasteiger partial charge in [-0.05, 0) is 30.2 Å². The van der Waals surface area contributed by atoms with Crippen LogP contribution in [0.1, 0.15) is 19.5 Å². The Morgan fingerprint density at radius 1 is 1.33 bits per heavy atom. The molecule has 0 bridgehead atoms. The highest BCUT2D eigenvalue weighted by Crippen LogP contribution is 2.34. The summed E-state index contributed by atoms with van der Waals surface area (Å²) in [6.07, 6.45) is 1.22. The predicted octanol–water partition coefficient (Wildman–Crippen LogP) is 1.85. The van der Waals surface area contributed by atoms with Crippen molar-refractivity contribution in [2.75, 3.05) is 7.11 Å². The second-order valence-corrected chi connectivity index (χ2v) is 5.30. The first-order valence-corrected chi connectivity index (χ1v) is 6.79. The summed E-state index contributed by atoms with van der Waals surface area (Å²) in [5.74, 6) is 0.595. The molecule has 5 N–H and O–H groups in total. The van der Waals surface area contributed by atoms with Crippen LogP contribution in [0.15, 0.2) is 42.2 Å². The fraction of sp³-hybridized carbons (Fsp3) is 0.312. The molecule has 112 valence electrons. The van der Waals surface area contributed by atoms with E-state index in [-0.39, 0.29) is 11.6 Å². The summed E-state index contributed by atoms with van der Waals surface area (Å²) in [5, 5.41) is 11.9. The molecule has 0 radical (unpaired) electrons. The molecule has 2 aromatic rings. The van der Waals surface area contributed by atoms with Gasteiger partial charge >= 0.3 is 0 Å². The number of benzene rings is 1. The molecule has 1 heterocycles. The minimum Gasteiger partial charge on any atom is -0.497 e. The minimum absolute atomic E-state index is 0.166. The van der Waals surface area contributed by atoms with Crippen LogP contribution in [-0.2, 0) is 5.60 Å². The molecule has 2 rings (SSSR count). The summed E-state index contributed by atoms with van der Waals surface area (Å²) >= 11 is 0. The van der Waals surface area contributed by atoms with Gasteiger partial charge in [0.1, 0.15) is 11.4 Å². The van der Waals surface area contributed by atoms with E-state index in [0.29, 0.717) is 5.69 Å². The molecule has 1 unspecified atom stereocenters. The van der Waals surface area contributed by atoms with Gasteiger partial charge in [0, 0.05) is 11.6 Å². The maximum atomic E-state index is 10.9. The first kappa shape index (κ1) is 15.1. The maximum Gasteiger partial charge on any atom is 0.149 e.